The van der Waals surface area contributed by atoms with Crippen molar-refractivity contribution in [1.82, 2.24) is 15.1 Å². The van der Waals surface area contributed by atoms with Crippen LogP contribution >= 0.6 is 0 Å². The number of anilines is 1. The molecule has 0 aliphatic carbocycles. The third-order valence-electron chi connectivity index (χ3n) is 5.96. The number of hydrogen-bond donors (Lipinski definition) is 2. The molecule has 1 aliphatic rings. The zero-order valence-electron chi connectivity index (χ0n) is 21.5. The summed E-state index contributed by atoms with van der Waals surface area (Å²) in [6.45, 7) is 4.99. The third kappa shape index (κ3) is 8.66. The molecule has 1 saturated heterocycles. The van der Waals surface area contributed by atoms with E-state index in [1.807, 2.05) is 41.3 Å². The van der Waals surface area contributed by atoms with Gasteiger partial charge in [-0.05, 0) is 29.8 Å². The van der Waals surface area contributed by atoms with Crippen LogP contribution in [0.1, 0.15) is 15.9 Å². The average molecular weight is 509 g/mol. The molecule has 9 heteroatoms. The predicted molar refractivity (Wildman–Crippen MR) is 145 cm³/mol. The first-order valence-electron chi connectivity index (χ1n) is 12.3. The molecule has 0 radical (unpaired) electrons. The summed E-state index contributed by atoms with van der Waals surface area (Å²) in [6.07, 6.45) is 6.88. The number of nitrogens with zero attached hydrogens (tertiary/aromatic N) is 2. The van der Waals surface area contributed by atoms with Gasteiger partial charge in [0.15, 0.2) is 11.5 Å². The fourth-order valence-electron chi connectivity index (χ4n) is 3.88. The molecule has 3 N–H and O–H groups in total. The Labute approximate surface area is 218 Å². The molecule has 2 aromatic rings. The number of carbonyl (C=O) groups excluding carboxylic acids is 2. The van der Waals surface area contributed by atoms with Crippen molar-refractivity contribution in [3.8, 4) is 11.5 Å². The molecule has 3 rings (SSSR count). The Balaban J connectivity index is 1.36. The van der Waals surface area contributed by atoms with Gasteiger partial charge in [-0.3, -0.25) is 14.5 Å². The van der Waals surface area contributed by atoms with E-state index in [9.17, 15) is 9.59 Å². The Morgan fingerprint density at radius 2 is 1.78 bits per heavy atom. The van der Waals surface area contributed by atoms with Gasteiger partial charge in [-0.2, -0.15) is 0 Å². The van der Waals surface area contributed by atoms with E-state index in [2.05, 4.69) is 10.2 Å². The van der Waals surface area contributed by atoms with Gasteiger partial charge in [-0.15, -0.1) is 0 Å². The fraction of sp³-hybridized carbons (Fsp3) is 0.357. The topological polar surface area (TPSA) is 106 Å². The summed E-state index contributed by atoms with van der Waals surface area (Å²) in [6, 6.07) is 12.8. The number of piperazine rings is 1. The van der Waals surface area contributed by atoms with Gasteiger partial charge in [0, 0.05) is 58.1 Å². The number of nitrogens with one attached hydrogen (secondary N) is 1. The van der Waals surface area contributed by atoms with Crippen LogP contribution in [0.5, 0.6) is 11.5 Å². The Kier molecular flexibility index (Phi) is 11.0. The van der Waals surface area contributed by atoms with Crippen molar-refractivity contribution in [3.05, 3.63) is 71.8 Å². The van der Waals surface area contributed by atoms with Gasteiger partial charge < -0.3 is 30.2 Å². The first-order valence-corrected chi connectivity index (χ1v) is 12.3. The van der Waals surface area contributed by atoms with Crippen LogP contribution in [0.3, 0.4) is 0 Å². The Hall–Kier alpha value is -3.82. The molecule has 0 unspecified atom stereocenters. The standard InChI is InChI=1S/C28H36N4O5/c1-35-19-20-37-25-12-11-22(21-26(25)36-2)7-3-6-10-27(33)30-13-14-31-15-17-32(18-16-31)28(34)23-8-4-5-9-24(23)29/h3-12,21H,13-20,29H2,1-2H3,(H,30,33). The van der Waals surface area contributed by atoms with Crippen LogP contribution in [0.4, 0.5) is 5.69 Å². The van der Waals surface area contributed by atoms with E-state index in [0.717, 1.165) is 25.2 Å². The van der Waals surface area contributed by atoms with Crippen molar-refractivity contribution in [2.24, 2.45) is 0 Å². The molecule has 0 atom stereocenters. The van der Waals surface area contributed by atoms with Crippen molar-refractivity contribution in [2.45, 2.75) is 0 Å². The molecule has 2 amide bonds. The molecule has 1 aliphatic heterocycles. The molecular formula is C28H36N4O5. The lowest BCUT2D eigenvalue weighted by molar-refractivity contribution is -0.116. The Morgan fingerprint density at radius 1 is 1.00 bits per heavy atom. The molecule has 37 heavy (non-hydrogen) atoms. The van der Waals surface area contributed by atoms with Crippen molar-refractivity contribution >= 4 is 23.6 Å². The van der Waals surface area contributed by atoms with Gasteiger partial charge in [0.1, 0.15) is 6.61 Å². The number of amides is 2. The quantitative estimate of drug-likeness (QED) is 0.196. The van der Waals surface area contributed by atoms with Crippen LogP contribution in [-0.2, 0) is 9.53 Å². The third-order valence-corrected chi connectivity index (χ3v) is 5.96. The summed E-state index contributed by atoms with van der Waals surface area (Å²) in [7, 11) is 3.22. The second-order valence-corrected chi connectivity index (χ2v) is 8.48. The van der Waals surface area contributed by atoms with Gasteiger partial charge in [0.2, 0.25) is 5.91 Å². The van der Waals surface area contributed by atoms with E-state index >= 15 is 0 Å². The summed E-state index contributed by atoms with van der Waals surface area (Å²) < 4.78 is 16.0. The lowest BCUT2D eigenvalue weighted by Crippen LogP contribution is -2.50. The molecule has 9 nitrogen and oxygen atoms in total. The Bertz CT molecular complexity index is 1090. The number of nitrogens with two attached hydrogens (primary N) is 1. The lowest BCUT2D eigenvalue weighted by atomic mass is 10.1. The zero-order chi connectivity index (χ0) is 26.5. The maximum atomic E-state index is 12.7. The van der Waals surface area contributed by atoms with Crippen LogP contribution in [-0.4, -0.2) is 88.3 Å². The maximum absolute atomic E-state index is 12.7. The highest BCUT2D eigenvalue weighted by Crippen LogP contribution is 2.28. The van der Waals surface area contributed by atoms with Crippen molar-refractivity contribution in [1.29, 1.82) is 0 Å². The second kappa shape index (κ2) is 14.7. The normalized spacial score (nSPS) is 14.3. The summed E-state index contributed by atoms with van der Waals surface area (Å²) in [5, 5.41) is 2.90. The van der Waals surface area contributed by atoms with Gasteiger partial charge in [-0.25, -0.2) is 0 Å². The van der Waals surface area contributed by atoms with Gasteiger partial charge in [-0.1, -0.05) is 36.4 Å². The number of para-hydroxylation sites is 1. The summed E-state index contributed by atoms with van der Waals surface area (Å²) in [5.41, 5.74) is 7.91. The number of carbonyl (C=O) groups is 2. The van der Waals surface area contributed by atoms with E-state index < -0.39 is 0 Å². The predicted octanol–water partition coefficient (Wildman–Crippen LogP) is 2.45. The molecule has 0 spiro atoms. The number of nitrogen functional groups attached to an aromatic ring is 1. The van der Waals surface area contributed by atoms with E-state index in [0.29, 0.717) is 55.6 Å². The zero-order valence-corrected chi connectivity index (χ0v) is 21.5. The smallest absolute Gasteiger partial charge is 0.256 e. The first-order chi connectivity index (χ1) is 18.0. The number of ether oxygens (including phenoxy) is 3. The molecule has 1 heterocycles. The van der Waals surface area contributed by atoms with Gasteiger partial charge in [0.05, 0.1) is 19.3 Å². The molecular weight excluding hydrogens is 472 g/mol. The summed E-state index contributed by atoms with van der Waals surface area (Å²) >= 11 is 0. The summed E-state index contributed by atoms with van der Waals surface area (Å²) in [4.78, 5) is 28.9. The van der Waals surface area contributed by atoms with Crippen LogP contribution in [0.25, 0.3) is 6.08 Å². The number of rotatable bonds is 12. The molecule has 198 valence electrons. The minimum atomic E-state index is -0.155. The highest BCUT2D eigenvalue weighted by Gasteiger charge is 2.23. The monoisotopic (exact) mass is 508 g/mol. The van der Waals surface area contributed by atoms with E-state index in [4.69, 9.17) is 19.9 Å². The van der Waals surface area contributed by atoms with Crippen molar-refractivity contribution in [3.63, 3.8) is 0 Å². The number of hydrogen-bond acceptors (Lipinski definition) is 7. The number of benzene rings is 2. The van der Waals surface area contributed by atoms with Gasteiger partial charge >= 0.3 is 0 Å². The highest BCUT2D eigenvalue weighted by atomic mass is 16.5. The fourth-order valence-corrected chi connectivity index (χ4v) is 3.88. The van der Waals surface area contributed by atoms with Crippen LogP contribution in [0, 0.1) is 0 Å². The van der Waals surface area contributed by atoms with Crippen LogP contribution in [0.2, 0.25) is 0 Å². The largest absolute Gasteiger partial charge is 0.493 e. The molecule has 0 saturated carbocycles. The molecule has 0 aromatic heterocycles. The number of methoxy groups -OCH3 is 2. The molecule has 2 aromatic carbocycles. The minimum absolute atomic E-state index is 0.0333. The maximum Gasteiger partial charge on any atom is 0.256 e. The minimum Gasteiger partial charge on any atom is -0.493 e. The van der Waals surface area contributed by atoms with Crippen molar-refractivity contribution in [2.75, 3.05) is 72.4 Å². The van der Waals surface area contributed by atoms with E-state index in [-0.39, 0.29) is 11.8 Å². The van der Waals surface area contributed by atoms with Gasteiger partial charge in [0.25, 0.3) is 5.91 Å². The summed E-state index contributed by atoms with van der Waals surface area (Å²) in [5.74, 6) is 1.10. The second-order valence-electron chi connectivity index (χ2n) is 8.48. The molecule has 0 bridgehead atoms. The lowest BCUT2D eigenvalue weighted by Gasteiger charge is -2.34. The average Bonchev–Trinajstić information content (AvgIpc) is 2.92. The highest BCUT2D eigenvalue weighted by molar-refractivity contribution is 5.99. The van der Waals surface area contributed by atoms with Crippen LogP contribution < -0.4 is 20.5 Å². The Morgan fingerprint density at radius 3 is 2.51 bits per heavy atom. The van der Waals surface area contributed by atoms with E-state index in [1.54, 1.807) is 38.5 Å². The first kappa shape index (κ1) is 27.8. The van der Waals surface area contributed by atoms with Crippen molar-refractivity contribution < 1.29 is 23.8 Å². The molecule has 1 fully saturated rings. The van der Waals surface area contributed by atoms with E-state index in [1.165, 1.54) is 6.08 Å². The van der Waals surface area contributed by atoms with Crippen LogP contribution in [0.15, 0.2) is 60.7 Å². The number of allylic oxidation sites excluding steroid dienone is 2. The SMILES string of the molecule is COCCOc1ccc(C=CC=CC(=O)NCCN2CCN(C(=O)c3ccccc3N)CC2)cc1OC.